The molecule has 166 valence electrons. The molecule has 3 aromatic rings. The van der Waals surface area contributed by atoms with Crippen LogP contribution in [0.3, 0.4) is 0 Å². The molecule has 0 N–H and O–H groups in total. The lowest BCUT2D eigenvalue weighted by molar-refractivity contribution is -0.132. The van der Waals surface area contributed by atoms with Gasteiger partial charge >= 0.3 is 0 Å². The minimum Gasteiger partial charge on any atom is -0.340 e. The summed E-state index contributed by atoms with van der Waals surface area (Å²) in [5.74, 6) is 0.235. The third-order valence-electron chi connectivity index (χ3n) is 5.86. The molecule has 2 aliphatic rings. The first-order valence-electron chi connectivity index (χ1n) is 10.9. The molecule has 2 amide bonds. The zero-order valence-electron chi connectivity index (χ0n) is 17.8. The fraction of sp³-hybridized carbons (Fsp3) is 0.391. The van der Waals surface area contributed by atoms with Crippen LogP contribution in [0.15, 0.2) is 41.1 Å². The molecule has 0 aliphatic carbocycles. The van der Waals surface area contributed by atoms with E-state index in [1.807, 2.05) is 28.5 Å². The van der Waals surface area contributed by atoms with Gasteiger partial charge in [0.15, 0.2) is 5.13 Å². The molecule has 0 atom stereocenters. The minimum atomic E-state index is 0.106. The van der Waals surface area contributed by atoms with Crippen molar-refractivity contribution in [1.29, 1.82) is 0 Å². The molecule has 0 bridgehead atoms. The van der Waals surface area contributed by atoms with Crippen LogP contribution in [0, 0.1) is 0 Å². The average molecular weight is 468 g/mol. The van der Waals surface area contributed by atoms with Gasteiger partial charge in [0.2, 0.25) is 11.8 Å². The summed E-state index contributed by atoms with van der Waals surface area (Å²) in [7, 11) is 0. The molecule has 2 fully saturated rings. The van der Waals surface area contributed by atoms with Crippen molar-refractivity contribution in [2.45, 2.75) is 25.8 Å². The maximum absolute atomic E-state index is 12.8. The molecule has 7 nitrogen and oxygen atoms in total. The van der Waals surface area contributed by atoms with Gasteiger partial charge in [-0.25, -0.2) is 9.97 Å². The van der Waals surface area contributed by atoms with E-state index in [0.717, 1.165) is 72.8 Å². The second kappa shape index (κ2) is 9.48. The number of rotatable bonds is 6. The molecule has 9 heteroatoms. The highest BCUT2D eigenvalue weighted by atomic mass is 32.1. The highest BCUT2D eigenvalue weighted by Gasteiger charge is 2.26. The van der Waals surface area contributed by atoms with Crippen LogP contribution in [0.1, 0.15) is 24.2 Å². The van der Waals surface area contributed by atoms with Crippen LogP contribution in [0.5, 0.6) is 0 Å². The Hall–Kier alpha value is -2.62. The lowest BCUT2D eigenvalue weighted by Gasteiger charge is -2.34. The number of aromatic nitrogens is 2. The first-order valence-corrected chi connectivity index (χ1v) is 12.7. The standard InChI is InChI=1S/C23H25N5O2S2/c29-20-7-4-8-28(20)23-25-18(15-32-23)13-21(30)27-11-9-26(10-12-27)14-19-16-31-22(24-19)17-5-2-1-3-6-17/h1-3,5-6,15-16H,4,7-14H2. The van der Waals surface area contributed by atoms with Crippen molar-refractivity contribution in [3.63, 3.8) is 0 Å². The van der Waals surface area contributed by atoms with Gasteiger partial charge < -0.3 is 4.90 Å². The Morgan fingerprint density at radius 3 is 2.47 bits per heavy atom. The van der Waals surface area contributed by atoms with Crippen LogP contribution in [0.25, 0.3) is 10.6 Å². The molecule has 0 unspecified atom stereocenters. The molecule has 0 radical (unpaired) electrons. The van der Waals surface area contributed by atoms with E-state index < -0.39 is 0 Å². The SMILES string of the molecule is O=C(Cc1csc(N2CCCC2=O)n1)N1CCN(Cc2csc(-c3ccccc3)n2)CC1. The topological polar surface area (TPSA) is 69.6 Å². The van der Waals surface area contributed by atoms with Gasteiger partial charge in [0.25, 0.3) is 0 Å². The van der Waals surface area contributed by atoms with Gasteiger partial charge in [-0.05, 0) is 6.42 Å². The second-order valence-corrected chi connectivity index (χ2v) is 9.81. The van der Waals surface area contributed by atoms with Gasteiger partial charge in [-0.3, -0.25) is 19.4 Å². The maximum Gasteiger partial charge on any atom is 0.228 e. The van der Waals surface area contributed by atoms with Crippen LogP contribution >= 0.6 is 22.7 Å². The zero-order chi connectivity index (χ0) is 21.9. The molecule has 32 heavy (non-hydrogen) atoms. The average Bonchev–Trinajstić information content (AvgIpc) is 3.56. The number of carbonyl (C=O) groups is 2. The molecule has 0 spiro atoms. The summed E-state index contributed by atoms with van der Waals surface area (Å²) < 4.78 is 0. The summed E-state index contributed by atoms with van der Waals surface area (Å²) in [6, 6.07) is 10.2. The largest absolute Gasteiger partial charge is 0.340 e. The van der Waals surface area contributed by atoms with Crippen molar-refractivity contribution in [3.8, 4) is 10.6 Å². The van der Waals surface area contributed by atoms with E-state index in [9.17, 15) is 9.59 Å². The number of hydrogen-bond donors (Lipinski definition) is 0. The molecule has 0 saturated carbocycles. The Balaban J connectivity index is 1.11. The Morgan fingerprint density at radius 2 is 1.72 bits per heavy atom. The van der Waals surface area contributed by atoms with Crippen LogP contribution in [-0.2, 0) is 22.6 Å². The van der Waals surface area contributed by atoms with Crippen molar-refractivity contribution < 1.29 is 9.59 Å². The van der Waals surface area contributed by atoms with Crippen LogP contribution < -0.4 is 4.90 Å². The van der Waals surface area contributed by atoms with E-state index in [1.54, 1.807) is 16.2 Å². The number of nitrogens with zero attached hydrogens (tertiary/aromatic N) is 5. The molecule has 2 aromatic heterocycles. The van der Waals surface area contributed by atoms with Crippen molar-refractivity contribution in [3.05, 3.63) is 52.5 Å². The van der Waals surface area contributed by atoms with Crippen molar-refractivity contribution >= 4 is 39.6 Å². The van der Waals surface area contributed by atoms with Crippen LogP contribution in [-0.4, -0.2) is 64.3 Å². The zero-order valence-corrected chi connectivity index (χ0v) is 19.4. The van der Waals surface area contributed by atoms with E-state index in [4.69, 9.17) is 4.98 Å². The third kappa shape index (κ3) is 4.74. The third-order valence-corrected chi connectivity index (χ3v) is 7.71. The summed E-state index contributed by atoms with van der Waals surface area (Å²) in [6.45, 7) is 4.66. The fourth-order valence-corrected chi connectivity index (χ4v) is 5.78. The van der Waals surface area contributed by atoms with E-state index in [1.165, 1.54) is 11.3 Å². The Labute approximate surface area is 195 Å². The first kappa shape index (κ1) is 21.2. The van der Waals surface area contributed by atoms with E-state index in [2.05, 4.69) is 27.4 Å². The van der Waals surface area contributed by atoms with E-state index >= 15 is 0 Å². The smallest absolute Gasteiger partial charge is 0.228 e. The molecule has 1 aromatic carbocycles. The summed E-state index contributed by atoms with van der Waals surface area (Å²) in [4.78, 5) is 40.0. The minimum absolute atomic E-state index is 0.106. The van der Waals surface area contributed by atoms with Gasteiger partial charge in [0.05, 0.1) is 17.8 Å². The first-order chi connectivity index (χ1) is 15.7. The number of hydrogen-bond acceptors (Lipinski definition) is 7. The number of amides is 2. The van der Waals surface area contributed by atoms with Crippen LogP contribution in [0.4, 0.5) is 5.13 Å². The molecular weight excluding hydrogens is 442 g/mol. The lowest BCUT2D eigenvalue weighted by atomic mass is 10.2. The molecule has 5 rings (SSSR count). The van der Waals surface area contributed by atoms with Crippen molar-refractivity contribution in [1.82, 2.24) is 19.8 Å². The summed E-state index contributed by atoms with van der Waals surface area (Å²) in [5.41, 5.74) is 2.99. The van der Waals surface area contributed by atoms with Gasteiger partial charge in [0.1, 0.15) is 5.01 Å². The van der Waals surface area contributed by atoms with E-state index in [-0.39, 0.29) is 11.8 Å². The Bertz CT molecular complexity index is 1090. The molecule has 2 aliphatic heterocycles. The molecule has 4 heterocycles. The monoisotopic (exact) mass is 467 g/mol. The Kier molecular flexibility index (Phi) is 6.29. The Morgan fingerprint density at radius 1 is 0.938 bits per heavy atom. The summed E-state index contributed by atoms with van der Waals surface area (Å²) in [6.07, 6.45) is 1.77. The van der Waals surface area contributed by atoms with Gasteiger partial charge in [-0.15, -0.1) is 22.7 Å². The molecule has 2 saturated heterocycles. The molecular formula is C23H25N5O2S2. The number of thiazole rings is 2. The van der Waals surface area contributed by atoms with Crippen LogP contribution in [0.2, 0.25) is 0 Å². The van der Waals surface area contributed by atoms with Gasteiger partial charge in [-0.2, -0.15) is 0 Å². The second-order valence-electron chi connectivity index (χ2n) is 8.11. The highest BCUT2D eigenvalue weighted by molar-refractivity contribution is 7.14. The number of carbonyl (C=O) groups excluding carboxylic acids is 2. The predicted octanol–water partition coefficient (Wildman–Crippen LogP) is 3.28. The summed E-state index contributed by atoms with van der Waals surface area (Å²) >= 11 is 3.13. The predicted molar refractivity (Wildman–Crippen MR) is 127 cm³/mol. The quantitative estimate of drug-likeness (QED) is 0.557. The fourth-order valence-electron chi connectivity index (χ4n) is 4.10. The van der Waals surface area contributed by atoms with Gasteiger partial charge in [-0.1, -0.05) is 30.3 Å². The summed E-state index contributed by atoms with van der Waals surface area (Å²) in [5, 5.41) is 5.80. The highest BCUT2D eigenvalue weighted by Crippen LogP contribution is 2.26. The van der Waals surface area contributed by atoms with Crippen molar-refractivity contribution in [2.75, 3.05) is 37.6 Å². The van der Waals surface area contributed by atoms with Crippen molar-refractivity contribution in [2.24, 2.45) is 0 Å². The number of piperazine rings is 1. The lowest BCUT2D eigenvalue weighted by Crippen LogP contribution is -2.48. The maximum atomic E-state index is 12.8. The normalized spacial score (nSPS) is 17.3. The van der Waals surface area contributed by atoms with Gasteiger partial charge in [0, 0.05) is 62.0 Å². The number of anilines is 1. The van der Waals surface area contributed by atoms with E-state index in [0.29, 0.717) is 12.8 Å². The number of benzene rings is 1.